The molecule has 0 aliphatic heterocycles. The van der Waals surface area contributed by atoms with Crippen LogP contribution in [-0.2, 0) is 4.74 Å². The third-order valence-corrected chi connectivity index (χ3v) is 2.51. The average Bonchev–Trinajstić information content (AvgIpc) is 2.18. The number of rotatable bonds is 4. The molecular weight excluding hydrogens is 249 g/mol. The van der Waals surface area contributed by atoms with E-state index in [-0.39, 0.29) is 11.9 Å². The Morgan fingerprint density at radius 3 is 2.86 bits per heavy atom. The minimum atomic E-state index is -0.218. The first-order valence-corrected chi connectivity index (χ1v) is 5.09. The summed E-state index contributed by atoms with van der Waals surface area (Å²) in [6.45, 7) is 0.448. The first kappa shape index (κ1) is 11.6. The Labute approximate surface area is 91.6 Å². The van der Waals surface area contributed by atoms with E-state index in [1.165, 1.54) is 6.07 Å². The number of benzene rings is 1. The van der Waals surface area contributed by atoms with Crippen molar-refractivity contribution in [3.63, 3.8) is 0 Å². The molecule has 1 aromatic carbocycles. The van der Waals surface area contributed by atoms with Gasteiger partial charge in [0.15, 0.2) is 0 Å². The fourth-order valence-electron chi connectivity index (χ4n) is 1.28. The van der Waals surface area contributed by atoms with Crippen LogP contribution in [0.4, 0.5) is 4.39 Å². The van der Waals surface area contributed by atoms with E-state index >= 15 is 0 Å². The van der Waals surface area contributed by atoms with E-state index in [1.807, 2.05) is 0 Å². The highest BCUT2D eigenvalue weighted by atomic mass is 79.9. The van der Waals surface area contributed by atoms with Crippen LogP contribution in [0.25, 0.3) is 0 Å². The van der Waals surface area contributed by atoms with Crippen molar-refractivity contribution < 1.29 is 9.13 Å². The number of nitrogens with one attached hydrogen (secondary N) is 1. The lowest BCUT2D eigenvalue weighted by atomic mass is 10.1. The largest absolute Gasteiger partial charge is 0.383 e. The van der Waals surface area contributed by atoms with Crippen molar-refractivity contribution >= 4 is 15.9 Å². The van der Waals surface area contributed by atoms with Gasteiger partial charge >= 0.3 is 0 Å². The highest BCUT2D eigenvalue weighted by Crippen LogP contribution is 2.21. The second kappa shape index (κ2) is 5.44. The number of halogens is 2. The zero-order chi connectivity index (χ0) is 10.6. The Kier molecular flexibility index (Phi) is 4.51. The number of likely N-dealkylation sites (N-methyl/N-ethyl adjacent to an activating group) is 1. The van der Waals surface area contributed by atoms with Gasteiger partial charge in [-0.2, -0.15) is 0 Å². The van der Waals surface area contributed by atoms with Crippen LogP contribution in [0.3, 0.4) is 0 Å². The zero-order valence-corrected chi connectivity index (χ0v) is 9.77. The maximum absolute atomic E-state index is 13.4. The van der Waals surface area contributed by atoms with Crippen molar-refractivity contribution in [3.05, 3.63) is 34.1 Å². The van der Waals surface area contributed by atoms with Gasteiger partial charge in [0.2, 0.25) is 0 Å². The van der Waals surface area contributed by atoms with E-state index in [0.717, 1.165) is 4.47 Å². The van der Waals surface area contributed by atoms with Crippen molar-refractivity contribution in [1.29, 1.82) is 0 Å². The first-order valence-electron chi connectivity index (χ1n) is 4.30. The van der Waals surface area contributed by atoms with Crippen LogP contribution in [0.5, 0.6) is 0 Å². The van der Waals surface area contributed by atoms with Crippen molar-refractivity contribution in [2.45, 2.75) is 6.04 Å². The van der Waals surface area contributed by atoms with Crippen LogP contribution < -0.4 is 5.32 Å². The van der Waals surface area contributed by atoms with Crippen LogP contribution in [0.15, 0.2) is 22.7 Å². The summed E-state index contributed by atoms with van der Waals surface area (Å²) in [5.41, 5.74) is 0.615. The lowest BCUT2D eigenvalue weighted by Gasteiger charge is -2.16. The molecule has 4 heteroatoms. The first-order chi connectivity index (χ1) is 6.69. The lowest BCUT2D eigenvalue weighted by molar-refractivity contribution is 0.169. The molecule has 0 heterocycles. The zero-order valence-electron chi connectivity index (χ0n) is 8.18. The molecule has 2 nitrogen and oxygen atoms in total. The highest BCUT2D eigenvalue weighted by molar-refractivity contribution is 9.10. The SMILES string of the molecule is CNC(COC)c1cc(Br)ccc1F. The van der Waals surface area contributed by atoms with Crippen molar-refractivity contribution in [1.82, 2.24) is 5.32 Å². The number of hydrogen-bond acceptors (Lipinski definition) is 2. The highest BCUT2D eigenvalue weighted by Gasteiger charge is 2.13. The van der Waals surface area contributed by atoms with Crippen LogP contribution >= 0.6 is 15.9 Å². The predicted molar refractivity (Wildman–Crippen MR) is 57.8 cm³/mol. The van der Waals surface area contributed by atoms with Crippen molar-refractivity contribution in [3.8, 4) is 0 Å². The summed E-state index contributed by atoms with van der Waals surface area (Å²) < 4.78 is 19.3. The molecule has 0 saturated carbocycles. The molecule has 0 bridgehead atoms. The molecule has 14 heavy (non-hydrogen) atoms. The molecule has 0 spiro atoms. The quantitative estimate of drug-likeness (QED) is 0.900. The summed E-state index contributed by atoms with van der Waals surface area (Å²) in [5.74, 6) is -0.218. The van der Waals surface area contributed by atoms with Gasteiger partial charge in [-0.1, -0.05) is 15.9 Å². The predicted octanol–water partition coefficient (Wildman–Crippen LogP) is 2.50. The molecule has 1 rings (SSSR count). The van der Waals surface area contributed by atoms with Gasteiger partial charge in [-0.15, -0.1) is 0 Å². The molecule has 78 valence electrons. The average molecular weight is 262 g/mol. The Balaban J connectivity index is 2.96. The molecule has 1 aromatic rings. The van der Waals surface area contributed by atoms with E-state index in [4.69, 9.17) is 4.74 Å². The summed E-state index contributed by atoms with van der Waals surface area (Å²) in [4.78, 5) is 0. The minimum absolute atomic E-state index is 0.113. The fourth-order valence-corrected chi connectivity index (χ4v) is 1.66. The molecule has 0 amide bonds. The van der Waals surface area contributed by atoms with E-state index < -0.39 is 0 Å². The molecule has 0 aromatic heterocycles. The summed E-state index contributed by atoms with van der Waals surface area (Å²) >= 11 is 3.31. The molecular formula is C10H13BrFNO. The van der Waals surface area contributed by atoms with E-state index in [0.29, 0.717) is 12.2 Å². The summed E-state index contributed by atoms with van der Waals surface area (Å²) in [7, 11) is 3.38. The van der Waals surface area contributed by atoms with Gasteiger partial charge < -0.3 is 10.1 Å². The van der Waals surface area contributed by atoms with Gasteiger partial charge in [-0.3, -0.25) is 0 Å². The number of methoxy groups -OCH3 is 1. The molecule has 1 unspecified atom stereocenters. The third-order valence-electron chi connectivity index (χ3n) is 2.02. The van der Waals surface area contributed by atoms with Gasteiger partial charge in [-0.25, -0.2) is 4.39 Å². The second-order valence-electron chi connectivity index (χ2n) is 2.96. The third kappa shape index (κ3) is 2.77. The Bertz CT molecular complexity index is 306. The van der Waals surface area contributed by atoms with E-state index in [1.54, 1.807) is 26.3 Å². The van der Waals surface area contributed by atoms with Crippen molar-refractivity contribution in [2.24, 2.45) is 0 Å². The lowest BCUT2D eigenvalue weighted by Crippen LogP contribution is -2.22. The number of ether oxygens (including phenoxy) is 1. The van der Waals surface area contributed by atoms with Crippen LogP contribution in [0.2, 0.25) is 0 Å². The molecule has 1 N–H and O–H groups in total. The summed E-state index contributed by atoms with van der Waals surface area (Å²) in [6.07, 6.45) is 0. The molecule has 0 fully saturated rings. The second-order valence-corrected chi connectivity index (χ2v) is 3.88. The molecule has 0 aliphatic rings. The summed E-state index contributed by atoms with van der Waals surface area (Å²) in [6, 6.07) is 4.77. The smallest absolute Gasteiger partial charge is 0.128 e. The normalized spacial score (nSPS) is 12.9. The van der Waals surface area contributed by atoms with Gasteiger partial charge in [0.05, 0.1) is 12.6 Å². The van der Waals surface area contributed by atoms with Crippen LogP contribution in [0, 0.1) is 5.82 Å². The monoisotopic (exact) mass is 261 g/mol. The van der Waals surface area contributed by atoms with E-state index in [9.17, 15) is 4.39 Å². The standard InChI is InChI=1S/C10H13BrFNO/c1-13-10(6-14-2)8-5-7(11)3-4-9(8)12/h3-5,10,13H,6H2,1-2H3. The Morgan fingerprint density at radius 2 is 2.29 bits per heavy atom. The maximum Gasteiger partial charge on any atom is 0.128 e. The number of hydrogen-bond donors (Lipinski definition) is 1. The van der Waals surface area contributed by atoms with Crippen LogP contribution in [0.1, 0.15) is 11.6 Å². The van der Waals surface area contributed by atoms with Crippen LogP contribution in [-0.4, -0.2) is 20.8 Å². The topological polar surface area (TPSA) is 21.3 Å². The van der Waals surface area contributed by atoms with E-state index in [2.05, 4.69) is 21.2 Å². The molecule has 0 radical (unpaired) electrons. The molecule has 1 atom stereocenters. The van der Waals surface area contributed by atoms with Gasteiger partial charge in [0, 0.05) is 17.1 Å². The Hall–Kier alpha value is -0.450. The molecule has 0 saturated heterocycles. The fraction of sp³-hybridized carbons (Fsp3) is 0.400. The van der Waals surface area contributed by atoms with Gasteiger partial charge in [0.1, 0.15) is 5.82 Å². The van der Waals surface area contributed by atoms with Crippen molar-refractivity contribution in [2.75, 3.05) is 20.8 Å². The van der Waals surface area contributed by atoms with Gasteiger partial charge in [0.25, 0.3) is 0 Å². The van der Waals surface area contributed by atoms with Gasteiger partial charge in [-0.05, 0) is 25.2 Å². The molecule has 0 aliphatic carbocycles. The Morgan fingerprint density at radius 1 is 1.57 bits per heavy atom. The summed E-state index contributed by atoms with van der Waals surface area (Å²) in [5, 5.41) is 3.00. The maximum atomic E-state index is 13.4. The minimum Gasteiger partial charge on any atom is -0.383 e.